The molecule has 0 unspecified atom stereocenters. The van der Waals surface area contributed by atoms with E-state index >= 15 is 0 Å². The molecule has 0 aromatic heterocycles. The highest BCUT2D eigenvalue weighted by Crippen LogP contribution is 2.47. The predicted octanol–water partition coefficient (Wildman–Crippen LogP) is 4.02. The summed E-state index contributed by atoms with van der Waals surface area (Å²) in [5, 5.41) is 0. The highest BCUT2D eigenvalue weighted by atomic mass is 16.5. The first kappa shape index (κ1) is 14.9. The van der Waals surface area contributed by atoms with Gasteiger partial charge in [-0.1, -0.05) is 26.8 Å². The van der Waals surface area contributed by atoms with E-state index in [0.29, 0.717) is 0 Å². The molecule has 1 fully saturated rings. The van der Waals surface area contributed by atoms with Gasteiger partial charge in [0, 0.05) is 6.04 Å². The Bertz CT molecular complexity index is 506. The van der Waals surface area contributed by atoms with Gasteiger partial charge in [0.15, 0.2) is 0 Å². The Hall–Kier alpha value is -1.02. The van der Waals surface area contributed by atoms with Gasteiger partial charge in [0.1, 0.15) is 5.75 Å². The van der Waals surface area contributed by atoms with Gasteiger partial charge in [-0.25, -0.2) is 0 Å². The molecule has 2 atom stereocenters. The maximum absolute atomic E-state index is 5.46. The fraction of sp³-hybridized carbons (Fsp3) is 0.684. The number of hydrogen-bond donors (Lipinski definition) is 0. The van der Waals surface area contributed by atoms with E-state index in [1.165, 1.54) is 49.9 Å². The summed E-state index contributed by atoms with van der Waals surface area (Å²) in [6.07, 6.45) is 5.20. The van der Waals surface area contributed by atoms with Gasteiger partial charge in [-0.15, -0.1) is 0 Å². The fourth-order valence-electron chi connectivity index (χ4n) is 4.69. The molecule has 1 saturated heterocycles. The monoisotopic (exact) mass is 287 g/mol. The standard InChI is InChI=1S/C19H29NO/c1-5-10-20-11-6-7-16-18(20)12-14-8-9-15(21-4)13-17(14)19(16,2)3/h8-9,13,16,18H,5-7,10-12H2,1-4H3/t16-,18-/m1/s1. The molecule has 1 aliphatic carbocycles. The minimum Gasteiger partial charge on any atom is -0.497 e. The summed E-state index contributed by atoms with van der Waals surface area (Å²) in [6, 6.07) is 7.44. The third kappa shape index (κ3) is 2.48. The second-order valence-corrected chi connectivity index (χ2v) is 7.30. The van der Waals surface area contributed by atoms with Crippen molar-refractivity contribution < 1.29 is 4.74 Å². The van der Waals surface area contributed by atoms with Crippen LogP contribution >= 0.6 is 0 Å². The summed E-state index contributed by atoms with van der Waals surface area (Å²) < 4.78 is 5.46. The molecule has 2 aliphatic rings. The van der Waals surface area contributed by atoms with E-state index in [2.05, 4.69) is 43.9 Å². The van der Waals surface area contributed by atoms with Gasteiger partial charge in [0.2, 0.25) is 0 Å². The Labute approximate surface area is 129 Å². The Morgan fingerprint density at radius 1 is 1.33 bits per heavy atom. The fourth-order valence-corrected chi connectivity index (χ4v) is 4.69. The number of rotatable bonds is 3. The number of ether oxygens (including phenoxy) is 1. The first-order valence-electron chi connectivity index (χ1n) is 8.49. The zero-order valence-corrected chi connectivity index (χ0v) is 14.0. The molecule has 0 radical (unpaired) electrons. The van der Waals surface area contributed by atoms with Crippen LogP contribution in [0.25, 0.3) is 0 Å². The van der Waals surface area contributed by atoms with Crippen molar-refractivity contribution in [3.63, 3.8) is 0 Å². The number of nitrogens with zero attached hydrogens (tertiary/aromatic N) is 1. The Morgan fingerprint density at radius 3 is 2.86 bits per heavy atom. The molecule has 2 nitrogen and oxygen atoms in total. The Balaban J connectivity index is 2.00. The Morgan fingerprint density at radius 2 is 2.14 bits per heavy atom. The second-order valence-electron chi connectivity index (χ2n) is 7.30. The topological polar surface area (TPSA) is 12.5 Å². The highest BCUT2D eigenvalue weighted by molar-refractivity contribution is 5.43. The van der Waals surface area contributed by atoms with Crippen molar-refractivity contribution in [1.82, 2.24) is 4.90 Å². The van der Waals surface area contributed by atoms with E-state index < -0.39 is 0 Å². The summed E-state index contributed by atoms with van der Waals surface area (Å²) in [5.74, 6) is 1.78. The quantitative estimate of drug-likeness (QED) is 0.832. The van der Waals surface area contributed by atoms with Crippen molar-refractivity contribution in [3.8, 4) is 5.75 Å². The first-order valence-corrected chi connectivity index (χ1v) is 8.49. The lowest BCUT2D eigenvalue weighted by molar-refractivity contribution is 0.0442. The van der Waals surface area contributed by atoms with Crippen molar-refractivity contribution in [2.24, 2.45) is 5.92 Å². The van der Waals surface area contributed by atoms with Gasteiger partial charge in [0.05, 0.1) is 7.11 Å². The number of fused-ring (bicyclic) bond motifs is 2. The number of benzene rings is 1. The number of piperidine rings is 1. The largest absolute Gasteiger partial charge is 0.497 e. The second kappa shape index (κ2) is 5.64. The van der Waals surface area contributed by atoms with Crippen LogP contribution in [0.5, 0.6) is 5.75 Å². The summed E-state index contributed by atoms with van der Waals surface area (Å²) in [7, 11) is 1.77. The van der Waals surface area contributed by atoms with E-state index in [1.54, 1.807) is 7.11 Å². The normalized spacial score (nSPS) is 27.8. The molecule has 1 heterocycles. The molecular formula is C19H29NO. The molecule has 21 heavy (non-hydrogen) atoms. The van der Waals surface area contributed by atoms with Crippen molar-refractivity contribution in [1.29, 1.82) is 0 Å². The van der Waals surface area contributed by atoms with E-state index in [4.69, 9.17) is 4.74 Å². The van der Waals surface area contributed by atoms with Crippen LogP contribution < -0.4 is 4.74 Å². The molecule has 0 N–H and O–H groups in total. The molecule has 0 saturated carbocycles. The third-order valence-corrected chi connectivity index (χ3v) is 5.77. The lowest BCUT2D eigenvalue weighted by Crippen LogP contribution is -2.55. The number of likely N-dealkylation sites (tertiary alicyclic amines) is 1. The lowest BCUT2D eigenvalue weighted by atomic mass is 9.60. The molecule has 3 rings (SSSR count). The van der Waals surface area contributed by atoms with Crippen LogP contribution in [0.2, 0.25) is 0 Å². The van der Waals surface area contributed by atoms with Crippen LogP contribution in [0.3, 0.4) is 0 Å². The molecule has 0 amide bonds. The predicted molar refractivity (Wildman–Crippen MR) is 88.1 cm³/mol. The zero-order valence-electron chi connectivity index (χ0n) is 14.0. The summed E-state index contributed by atoms with van der Waals surface area (Å²) in [6.45, 7) is 9.73. The molecule has 1 aromatic carbocycles. The minimum absolute atomic E-state index is 0.249. The van der Waals surface area contributed by atoms with Crippen molar-refractivity contribution in [2.75, 3.05) is 20.2 Å². The third-order valence-electron chi connectivity index (χ3n) is 5.77. The maximum atomic E-state index is 5.46. The van der Waals surface area contributed by atoms with Crippen LogP contribution in [-0.4, -0.2) is 31.1 Å². The van der Waals surface area contributed by atoms with E-state index in [9.17, 15) is 0 Å². The van der Waals surface area contributed by atoms with E-state index in [0.717, 1.165) is 17.7 Å². The van der Waals surface area contributed by atoms with Gasteiger partial charge in [-0.2, -0.15) is 0 Å². The van der Waals surface area contributed by atoms with Crippen molar-refractivity contribution in [3.05, 3.63) is 29.3 Å². The summed E-state index contributed by atoms with van der Waals surface area (Å²) in [4.78, 5) is 2.75. The van der Waals surface area contributed by atoms with Crippen LogP contribution in [0.1, 0.15) is 51.2 Å². The summed E-state index contributed by atoms with van der Waals surface area (Å²) >= 11 is 0. The van der Waals surface area contributed by atoms with Crippen LogP contribution in [0.4, 0.5) is 0 Å². The number of hydrogen-bond acceptors (Lipinski definition) is 2. The van der Waals surface area contributed by atoms with Crippen molar-refractivity contribution in [2.45, 2.75) is 57.9 Å². The SMILES string of the molecule is CCCN1CCC[C@@H]2[C@H]1Cc1ccc(OC)cc1C2(C)C. The summed E-state index contributed by atoms with van der Waals surface area (Å²) in [5.41, 5.74) is 3.30. The smallest absolute Gasteiger partial charge is 0.119 e. The van der Waals surface area contributed by atoms with Gasteiger partial charge in [-0.3, -0.25) is 4.90 Å². The molecule has 116 valence electrons. The van der Waals surface area contributed by atoms with Crippen LogP contribution in [-0.2, 0) is 11.8 Å². The molecule has 2 heteroatoms. The van der Waals surface area contributed by atoms with Gasteiger partial charge >= 0.3 is 0 Å². The van der Waals surface area contributed by atoms with E-state index in [1.807, 2.05) is 0 Å². The van der Waals surface area contributed by atoms with Gasteiger partial charge in [-0.05, 0) is 73.4 Å². The molecule has 1 aliphatic heterocycles. The first-order chi connectivity index (χ1) is 10.1. The van der Waals surface area contributed by atoms with Crippen LogP contribution in [0, 0.1) is 5.92 Å². The van der Waals surface area contributed by atoms with Crippen LogP contribution in [0.15, 0.2) is 18.2 Å². The van der Waals surface area contributed by atoms with Gasteiger partial charge in [0.25, 0.3) is 0 Å². The number of methoxy groups -OCH3 is 1. The van der Waals surface area contributed by atoms with Gasteiger partial charge < -0.3 is 4.74 Å². The molecule has 0 bridgehead atoms. The average Bonchev–Trinajstić information content (AvgIpc) is 2.48. The molecule has 1 aromatic rings. The minimum atomic E-state index is 0.249. The van der Waals surface area contributed by atoms with Crippen molar-refractivity contribution >= 4 is 0 Å². The molecular weight excluding hydrogens is 258 g/mol. The lowest BCUT2D eigenvalue weighted by Gasteiger charge is -2.52. The molecule has 0 spiro atoms. The average molecular weight is 287 g/mol. The zero-order chi connectivity index (χ0) is 15.0. The highest BCUT2D eigenvalue weighted by Gasteiger charge is 2.45. The maximum Gasteiger partial charge on any atom is 0.119 e. The Kier molecular flexibility index (Phi) is 4.00. The van der Waals surface area contributed by atoms with E-state index in [-0.39, 0.29) is 5.41 Å².